The maximum Gasteiger partial charge on any atom is 0.534 e. The van der Waals surface area contributed by atoms with E-state index in [2.05, 4.69) is 11.1 Å². The molecule has 2 aromatic carbocycles. The van der Waals surface area contributed by atoms with Crippen LogP contribution in [0.3, 0.4) is 0 Å². The predicted octanol–water partition coefficient (Wildman–Crippen LogP) is 6.26. The first kappa shape index (κ1) is 28.6. The Labute approximate surface area is 204 Å². The summed E-state index contributed by atoms with van der Waals surface area (Å²) >= 11 is 0. The van der Waals surface area contributed by atoms with Gasteiger partial charge >= 0.3 is 21.6 Å². The lowest BCUT2D eigenvalue weighted by Crippen LogP contribution is -2.29. The summed E-state index contributed by atoms with van der Waals surface area (Å²) in [6.07, 6.45) is 1.46. The van der Waals surface area contributed by atoms with Gasteiger partial charge in [-0.15, -0.1) is 0 Å². The van der Waals surface area contributed by atoms with Crippen LogP contribution in [0.15, 0.2) is 36.4 Å². The third kappa shape index (κ3) is 7.44. The molecule has 0 aliphatic heterocycles. The van der Waals surface area contributed by atoms with E-state index in [-0.39, 0.29) is 5.56 Å². The summed E-state index contributed by atoms with van der Waals surface area (Å²) in [6, 6.07) is 9.01. The number of ether oxygens (including phenoxy) is 2. The fourth-order valence-corrected chi connectivity index (χ4v) is 3.87. The normalized spacial score (nSPS) is 13.4. The van der Waals surface area contributed by atoms with Crippen LogP contribution in [-0.2, 0) is 30.8 Å². The second-order valence-corrected chi connectivity index (χ2v) is 10.6. The number of alkyl halides is 3. The van der Waals surface area contributed by atoms with Crippen molar-refractivity contribution < 1.29 is 40.0 Å². The molecule has 2 aromatic rings. The second-order valence-electron chi connectivity index (χ2n) is 9.11. The quantitative estimate of drug-likeness (QED) is 0.222. The van der Waals surface area contributed by atoms with E-state index < -0.39 is 39.1 Å². The van der Waals surface area contributed by atoms with Crippen molar-refractivity contribution in [3.63, 3.8) is 0 Å². The van der Waals surface area contributed by atoms with E-state index >= 15 is 0 Å². The molecule has 0 spiro atoms. The molecule has 1 atom stereocenters. The Morgan fingerprint density at radius 2 is 1.71 bits per heavy atom. The van der Waals surface area contributed by atoms with Gasteiger partial charge in [0, 0.05) is 5.56 Å². The highest BCUT2D eigenvalue weighted by Gasteiger charge is 2.48. The van der Waals surface area contributed by atoms with Crippen molar-refractivity contribution in [2.75, 3.05) is 7.11 Å². The van der Waals surface area contributed by atoms with Crippen LogP contribution in [-0.4, -0.2) is 32.6 Å². The Kier molecular flexibility index (Phi) is 8.99. The van der Waals surface area contributed by atoms with Gasteiger partial charge in [0.15, 0.2) is 6.10 Å². The predicted molar refractivity (Wildman–Crippen MR) is 126 cm³/mol. The molecule has 0 amide bonds. The molecule has 35 heavy (non-hydrogen) atoms. The number of unbranched alkanes of at least 4 members (excludes halogenated alkanes) is 1. The van der Waals surface area contributed by atoms with Gasteiger partial charge in [-0.05, 0) is 74.9 Å². The number of aryl methyl sites for hydroxylation is 2. The highest BCUT2D eigenvalue weighted by atomic mass is 32.2. The lowest BCUT2D eigenvalue weighted by Gasteiger charge is -2.28. The van der Waals surface area contributed by atoms with Gasteiger partial charge in [0.05, 0.1) is 12.7 Å². The SMILES string of the molecule is CCCCc1cc(-c2cc(OS(=O)(=O)C(F)(F)F)ccc2C(OC(C)(C)C)C(=O)OC)ccc1C. The van der Waals surface area contributed by atoms with Crippen molar-refractivity contribution in [1.82, 2.24) is 0 Å². The van der Waals surface area contributed by atoms with Crippen LogP contribution in [0.2, 0.25) is 0 Å². The first-order valence-electron chi connectivity index (χ1n) is 11.1. The van der Waals surface area contributed by atoms with Crippen LogP contribution in [0.4, 0.5) is 13.2 Å². The molecule has 194 valence electrons. The van der Waals surface area contributed by atoms with Gasteiger partial charge in [0.2, 0.25) is 0 Å². The highest BCUT2D eigenvalue weighted by Crippen LogP contribution is 2.38. The van der Waals surface area contributed by atoms with E-state index in [9.17, 15) is 26.4 Å². The molecule has 0 aliphatic rings. The molecule has 0 saturated carbocycles. The zero-order chi connectivity index (χ0) is 26.6. The maximum absolute atomic E-state index is 12.9. The summed E-state index contributed by atoms with van der Waals surface area (Å²) in [5.74, 6) is -1.26. The molecule has 10 heteroatoms. The molecule has 2 rings (SSSR count). The molecule has 0 N–H and O–H groups in total. The minimum absolute atomic E-state index is 0.289. The van der Waals surface area contributed by atoms with E-state index in [0.717, 1.165) is 42.5 Å². The Morgan fingerprint density at radius 3 is 2.26 bits per heavy atom. The van der Waals surface area contributed by atoms with Crippen LogP contribution < -0.4 is 4.18 Å². The number of hydrogen-bond donors (Lipinski definition) is 0. The summed E-state index contributed by atoms with van der Waals surface area (Å²) in [7, 11) is -4.68. The van der Waals surface area contributed by atoms with Crippen molar-refractivity contribution in [1.29, 1.82) is 0 Å². The van der Waals surface area contributed by atoms with E-state index in [0.29, 0.717) is 11.1 Å². The summed E-state index contributed by atoms with van der Waals surface area (Å²) in [5, 5.41) is 0. The van der Waals surface area contributed by atoms with Gasteiger partial charge in [-0.25, -0.2) is 4.79 Å². The van der Waals surface area contributed by atoms with Crippen LogP contribution in [0.25, 0.3) is 11.1 Å². The number of hydrogen-bond acceptors (Lipinski definition) is 6. The minimum atomic E-state index is -5.88. The number of esters is 1. The van der Waals surface area contributed by atoms with Crippen molar-refractivity contribution in [3.8, 4) is 16.9 Å². The van der Waals surface area contributed by atoms with Gasteiger partial charge < -0.3 is 13.7 Å². The average molecular weight is 517 g/mol. The minimum Gasteiger partial charge on any atom is -0.467 e. The Morgan fingerprint density at radius 1 is 1.06 bits per heavy atom. The molecule has 0 aliphatic carbocycles. The first-order chi connectivity index (χ1) is 16.1. The lowest BCUT2D eigenvalue weighted by molar-refractivity contribution is -0.164. The maximum atomic E-state index is 12.9. The third-order valence-corrected chi connectivity index (χ3v) is 6.12. The zero-order valence-electron chi connectivity index (χ0n) is 20.7. The number of rotatable bonds is 9. The number of carbonyl (C=O) groups excluding carboxylic acids is 1. The number of halogens is 3. The molecule has 1 unspecified atom stereocenters. The zero-order valence-corrected chi connectivity index (χ0v) is 21.5. The molecule has 0 saturated heterocycles. The monoisotopic (exact) mass is 516 g/mol. The summed E-state index contributed by atoms with van der Waals surface area (Å²) in [5.41, 5.74) is -3.15. The molecule has 6 nitrogen and oxygen atoms in total. The summed E-state index contributed by atoms with van der Waals surface area (Å²) < 4.78 is 77.1. The standard InChI is InChI=1S/C25H31F3O6S/c1-7-8-9-17-14-18(11-10-16(17)2)21-15-19(34-35(30,31)25(26,27)28)12-13-20(21)22(23(29)32-6)33-24(3,4)5/h10-15,22H,7-9H2,1-6H3. The van der Waals surface area contributed by atoms with Crippen molar-refractivity contribution in [3.05, 3.63) is 53.1 Å². The summed E-state index contributed by atoms with van der Waals surface area (Å²) in [4.78, 5) is 12.7. The van der Waals surface area contributed by atoms with Crippen LogP contribution in [0.5, 0.6) is 5.75 Å². The molecule has 0 aromatic heterocycles. The van der Waals surface area contributed by atoms with Crippen molar-refractivity contribution in [2.45, 2.75) is 71.1 Å². The van der Waals surface area contributed by atoms with E-state index in [1.807, 2.05) is 19.1 Å². The third-order valence-electron chi connectivity index (χ3n) is 5.14. The van der Waals surface area contributed by atoms with Crippen LogP contribution >= 0.6 is 0 Å². The lowest BCUT2D eigenvalue weighted by atomic mass is 9.92. The first-order valence-corrected chi connectivity index (χ1v) is 12.5. The van der Waals surface area contributed by atoms with Gasteiger partial charge in [0.1, 0.15) is 5.75 Å². The number of methoxy groups -OCH3 is 1. The average Bonchev–Trinajstić information content (AvgIpc) is 2.75. The van der Waals surface area contributed by atoms with E-state index in [4.69, 9.17) is 9.47 Å². The Balaban J connectivity index is 2.74. The summed E-state index contributed by atoms with van der Waals surface area (Å²) in [6.45, 7) is 9.23. The Hall–Kier alpha value is -2.59. The molecular formula is C25H31F3O6S. The largest absolute Gasteiger partial charge is 0.534 e. The smallest absolute Gasteiger partial charge is 0.467 e. The van der Waals surface area contributed by atoms with E-state index in [1.165, 1.54) is 13.2 Å². The molecule has 0 bridgehead atoms. The van der Waals surface area contributed by atoms with Gasteiger partial charge in [-0.3, -0.25) is 0 Å². The van der Waals surface area contributed by atoms with E-state index in [1.54, 1.807) is 26.8 Å². The van der Waals surface area contributed by atoms with Gasteiger partial charge in [-0.1, -0.05) is 37.6 Å². The fraction of sp³-hybridized carbons (Fsp3) is 0.480. The molecule has 0 fully saturated rings. The Bertz CT molecular complexity index is 1150. The van der Waals surface area contributed by atoms with Crippen LogP contribution in [0.1, 0.15) is 63.3 Å². The molecular weight excluding hydrogens is 485 g/mol. The molecule has 0 heterocycles. The topological polar surface area (TPSA) is 78.9 Å². The van der Waals surface area contributed by atoms with Crippen molar-refractivity contribution >= 4 is 16.1 Å². The van der Waals surface area contributed by atoms with Crippen LogP contribution in [0, 0.1) is 6.92 Å². The molecule has 0 radical (unpaired) electrons. The van der Waals surface area contributed by atoms with Gasteiger partial charge in [0.25, 0.3) is 0 Å². The highest BCUT2D eigenvalue weighted by molar-refractivity contribution is 7.88. The van der Waals surface area contributed by atoms with Gasteiger partial charge in [-0.2, -0.15) is 21.6 Å². The van der Waals surface area contributed by atoms with Crippen molar-refractivity contribution in [2.24, 2.45) is 0 Å². The second kappa shape index (κ2) is 11.0. The number of benzene rings is 2. The fourth-order valence-electron chi connectivity index (χ4n) is 3.41. The number of carbonyl (C=O) groups is 1.